The van der Waals surface area contributed by atoms with Gasteiger partial charge in [0.25, 0.3) is 0 Å². The largest absolute Gasteiger partial charge is 0.103 e. The molecule has 1 atom stereocenters. The summed E-state index contributed by atoms with van der Waals surface area (Å²) in [6.45, 7) is 0. The fourth-order valence-corrected chi connectivity index (χ4v) is 3.67. The van der Waals surface area contributed by atoms with E-state index < -0.39 is 0 Å². The quantitative estimate of drug-likeness (QED) is 0.542. The molecule has 1 aromatic heterocycles. The number of fused-ring (bicyclic) bond motifs is 1. The molecule has 44 valence electrons. The van der Waals surface area contributed by atoms with E-state index in [9.17, 15) is 0 Å². The van der Waals surface area contributed by atoms with Gasteiger partial charge in [-0.05, 0) is 11.2 Å². The van der Waals surface area contributed by atoms with Crippen LogP contribution in [-0.2, 0) is 0 Å². The summed E-state index contributed by atoms with van der Waals surface area (Å²) in [7, 11) is 2.47. The molecule has 0 aliphatic carbocycles. The Morgan fingerprint density at radius 2 is 2.11 bits per heavy atom. The first-order chi connectivity index (χ1) is 4.47. The van der Waals surface area contributed by atoms with Gasteiger partial charge in [-0.2, -0.15) is 0 Å². The van der Waals surface area contributed by atoms with Crippen LogP contribution < -0.4 is 0 Å². The highest BCUT2D eigenvalue weighted by atomic mass is 31.8. The second-order valence-corrected chi connectivity index (χ2v) is 4.68. The van der Waals surface area contributed by atoms with Crippen molar-refractivity contribution in [1.82, 2.24) is 0 Å². The van der Waals surface area contributed by atoms with Crippen LogP contribution in [0.1, 0.15) is 0 Å². The predicted octanol–water partition coefficient (Wildman–Crippen LogP) is 3.45. The Bertz CT molecular complexity index is 281. The molecule has 2 rings (SSSR count). The highest BCUT2D eigenvalue weighted by Crippen LogP contribution is 2.33. The Labute approximate surface area is 57.0 Å². The molecule has 0 fully saturated rings. The lowest BCUT2D eigenvalue weighted by Crippen LogP contribution is -1.55. The van der Waals surface area contributed by atoms with Gasteiger partial charge in [0.05, 0.1) is 0 Å². The monoisotopic (exact) mass is 152 g/mol. The minimum Gasteiger partial charge on any atom is -0.103 e. The normalized spacial score (nSPS) is 12.0. The molecule has 0 saturated carbocycles. The highest BCUT2D eigenvalue weighted by Gasteiger charge is 1.87. The molecular weight excluding hydrogens is 146 g/mol. The summed E-state index contributed by atoms with van der Waals surface area (Å²) in [6.07, 6.45) is 0. The third-order valence-electron chi connectivity index (χ3n) is 1.35. The lowest BCUT2D eigenvalue weighted by Gasteiger charge is -1.82. The average molecular weight is 152 g/mol. The third kappa shape index (κ3) is 0.894. The molecule has 0 amide bonds. The fourth-order valence-electron chi connectivity index (χ4n) is 0.883. The maximum absolute atomic E-state index is 2.29. The molecule has 0 spiro atoms. The summed E-state index contributed by atoms with van der Waals surface area (Å²) in [5.41, 5.74) is 0. The van der Waals surface area contributed by atoms with Crippen molar-refractivity contribution < 1.29 is 0 Å². The summed E-state index contributed by atoms with van der Waals surface area (Å²) in [5, 5.41) is 2.97. The Balaban J connectivity index is 2.95. The van der Waals surface area contributed by atoms with E-state index in [0.717, 1.165) is 7.87 Å². The van der Waals surface area contributed by atoms with E-state index in [2.05, 4.69) is 30.1 Å². The molecule has 9 heavy (non-hydrogen) atoms. The molecule has 1 unspecified atom stereocenters. The first-order valence-corrected chi connectivity index (χ1v) is 5.65. The standard InChI is InChI=1S/C7H6P2/c1-2-4-7-6(3-1)5-8-9-7/h1-5,9H. The summed E-state index contributed by atoms with van der Waals surface area (Å²) in [4.78, 5) is 0. The summed E-state index contributed by atoms with van der Waals surface area (Å²) >= 11 is 0. The van der Waals surface area contributed by atoms with Gasteiger partial charge in [0.1, 0.15) is 0 Å². The first-order valence-electron chi connectivity index (χ1n) is 2.85. The number of hydrogen-bond donors (Lipinski definition) is 0. The summed E-state index contributed by atoms with van der Waals surface area (Å²) in [5.74, 6) is 2.29. The minimum atomic E-state index is 0.996. The van der Waals surface area contributed by atoms with Crippen LogP contribution >= 0.6 is 15.7 Å². The molecule has 0 aliphatic heterocycles. The van der Waals surface area contributed by atoms with E-state index >= 15 is 0 Å². The van der Waals surface area contributed by atoms with E-state index in [0.29, 0.717) is 0 Å². The van der Waals surface area contributed by atoms with Gasteiger partial charge in [0.15, 0.2) is 0 Å². The van der Waals surface area contributed by atoms with Gasteiger partial charge < -0.3 is 0 Å². The van der Waals surface area contributed by atoms with Crippen molar-refractivity contribution in [2.45, 2.75) is 0 Å². The van der Waals surface area contributed by atoms with Gasteiger partial charge in [0, 0.05) is 5.12 Å². The molecule has 1 aromatic carbocycles. The van der Waals surface area contributed by atoms with Gasteiger partial charge in [-0.1, -0.05) is 32.1 Å². The zero-order chi connectivity index (χ0) is 6.10. The van der Waals surface area contributed by atoms with E-state index in [4.69, 9.17) is 0 Å². The molecule has 0 aliphatic rings. The second kappa shape index (κ2) is 2.14. The molecule has 1 heterocycles. The zero-order valence-corrected chi connectivity index (χ0v) is 6.73. The molecule has 2 heteroatoms. The molecule has 0 saturated heterocycles. The first kappa shape index (κ1) is 5.47. The van der Waals surface area contributed by atoms with Gasteiger partial charge >= 0.3 is 0 Å². The Kier molecular flexibility index (Phi) is 1.30. The Hall–Kier alpha value is -0.310. The second-order valence-electron chi connectivity index (χ2n) is 1.96. The Morgan fingerprint density at radius 3 is 3.00 bits per heavy atom. The van der Waals surface area contributed by atoms with Crippen LogP contribution in [0, 0.1) is 0 Å². The number of hydrogen-bond acceptors (Lipinski definition) is 0. The van der Waals surface area contributed by atoms with Gasteiger partial charge in [-0.15, -0.1) is 7.87 Å². The van der Waals surface area contributed by atoms with Crippen molar-refractivity contribution in [3.05, 3.63) is 30.1 Å². The molecule has 0 nitrogen and oxygen atoms in total. The van der Waals surface area contributed by atoms with Crippen LogP contribution in [0.25, 0.3) is 10.5 Å². The lowest BCUT2D eigenvalue weighted by molar-refractivity contribution is 1.86. The molecular formula is C7H6P2. The lowest BCUT2D eigenvalue weighted by atomic mass is 10.3. The van der Waals surface area contributed by atoms with E-state index in [1.165, 1.54) is 18.4 Å². The smallest absolute Gasteiger partial charge is 0.00289 e. The maximum atomic E-state index is 2.29. The van der Waals surface area contributed by atoms with E-state index in [-0.39, 0.29) is 0 Å². The number of benzene rings is 1. The maximum Gasteiger partial charge on any atom is 0.00289 e. The molecule has 0 bridgehead atoms. The third-order valence-corrected chi connectivity index (χ3v) is 4.08. The van der Waals surface area contributed by atoms with Gasteiger partial charge in [-0.3, -0.25) is 0 Å². The van der Waals surface area contributed by atoms with Crippen molar-refractivity contribution in [3.63, 3.8) is 0 Å². The van der Waals surface area contributed by atoms with Crippen LogP contribution in [-0.4, -0.2) is 0 Å². The molecule has 2 aromatic rings. The van der Waals surface area contributed by atoms with Gasteiger partial charge in [-0.25, -0.2) is 0 Å². The molecule has 0 N–H and O–H groups in total. The fraction of sp³-hybridized carbons (Fsp3) is 0. The van der Waals surface area contributed by atoms with E-state index in [1.54, 1.807) is 0 Å². The minimum absolute atomic E-state index is 0.996. The van der Waals surface area contributed by atoms with Crippen LogP contribution in [0.15, 0.2) is 30.1 Å². The van der Waals surface area contributed by atoms with Crippen LogP contribution in [0.5, 0.6) is 0 Å². The van der Waals surface area contributed by atoms with Crippen molar-refractivity contribution in [1.29, 1.82) is 0 Å². The van der Waals surface area contributed by atoms with E-state index in [1.807, 2.05) is 0 Å². The van der Waals surface area contributed by atoms with Crippen molar-refractivity contribution in [2.24, 2.45) is 0 Å². The van der Waals surface area contributed by atoms with Crippen molar-refractivity contribution in [2.75, 3.05) is 0 Å². The summed E-state index contributed by atoms with van der Waals surface area (Å²) in [6, 6.07) is 8.60. The van der Waals surface area contributed by atoms with Crippen LogP contribution in [0.3, 0.4) is 0 Å². The highest BCUT2D eigenvalue weighted by molar-refractivity contribution is 7.93. The average Bonchev–Trinajstić information content (AvgIpc) is 2.33. The zero-order valence-electron chi connectivity index (χ0n) is 4.83. The Morgan fingerprint density at radius 1 is 1.22 bits per heavy atom. The van der Waals surface area contributed by atoms with Crippen molar-refractivity contribution >= 4 is 26.2 Å². The SMILES string of the molecule is c1ccc2[pH]pcc2c1. The van der Waals surface area contributed by atoms with Crippen molar-refractivity contribution in [3.8, 4) is 0 Å². The van der Waals surface area contributed by atoms with Crippen LogP contribution in [0.2, 0.25) is 0 Å². The van der Waals surface area contributed by atoms with Gasteiger partial charge in [0.2, 0.25) is 0 Å². The molecule has 0 radical (unpaired) electrons. The van der Waals surface area contributed by atoms with Crippen LogP contribution in [0.4, 0.5) is 0 Å². The topological polar surface area (TPSA) is 0 Å². The summed E-state index contributed by atoms with van der Waals surface area (Å²) < 4.78 is 0. The predicted molar refractivity (Wildman–Crippen MR) is 46.0 cm³/mol. The number of rotatable bonds is 0.